The Morgan fingerprint density at radius 3 is 2.44 bits per heavy atom. The maximum Gasteiger partial charge on any atom is 0.134 e. The zero-order valence-electron chi connectivity index (χ0n) is 21.0. The van der Waals surface area contributed by atoms with Gasteiger partial charge >= 0.3 is 0 Å². The Bertz CT molecular complexity index is 1090. The topological polar surface area (TPSA) is 65.6 Å². The molecule has 0 aromatic heterocycles. The van der Waals surface area contributed by atoms with E-state index in [1.807, 2.05) is 11.8 Å². The van der Waals surface area contributed by atoms with E-state index in [2.05, 4.69) is 0 Å². The highest BCUT2D eigenvalue weighted by molar-refractivity contribution is 5.88. The van der Waals surface area contributed by atoms with E-state index >= 15 is 8.78 Å². The molecule has 36 heavy (non-hydrogen) atoms. The van der Waals surface area contributed by atoms with Crippen molar-refractivity contribution in [1.29, 1.82) is 5.41 Å². The first-order valence-electron chi connectivity index (χ1n) is 12.3. The van der Waals surface area contributed by atoms with Crippen molar-refractivity contribution in [3.8, 4) is 5.75 Å². The number of benzene rings is 2. The van der Waals surface area contributed by atoms with Crippen LogP contribution in [0.3, 0.4) is 0 Å². The molecule has 1 fully saturated rings. The molecule has 0 spiro atoms. The predicted octanol–water partition coefficient (Wildman–Crippen LogP) is 4.91. The van der Waals surface area contributed by atoms with Crippen LogP contribution in [-0.4, -0.2) is 67.2 Å². The molecule has 2 heterocycles. The van der Waals surface area contributed by atoms with Gasteiger partial charge in [0.1, 0.15) is 29.7 Å². The number of halogens is 4. The van der Waals surface area contributed by atoms with Gasteiger partial charge < -0.3 is 15.9 Å². The first kappa shape index (κ1) is 26.4. The molecule has 0 bridgehead atoms. The van der Waals surface area contributed by atoms with Gasteiger partial charge in [0.15, 0.2) is 0 Å². The quantitative estimate of drug-likeness (QED) is 0.288. The van der Waals surface area contributed by atoms with Crippen LogP contribution in [0.4, 0.5) is 23.2 Å². The van der Waals surface area contributed by atoms with Crippen LogP contribution in [0.15, 0.2) is 24.3 Å². The lowest BCUT2D eigenvalue weighted by Crippen LogP contribution is -2.49. The molecule has 196 valence electrons. The van der Waals surface area contributed by atoms with Gasteiger partial charge in [0.25, 0.3) is 0 Å². The fraction of sp³-hybridized carbons (Fsp3) is 0.519. The predicted molar refractivity (Wildman–Crippen MR) is 133 cm³/mol. The molecule has 0 amide bonds. The van der Waals surface area contributed by atoms with Gasteiger partial charge in [0.2, 0.25) is 0 Å². The summed E-state index contributed by atoms with van der Waals surface area (Å²) in [6.45, 7) is 6.47. The van der Waals surface area contributed by atoms with Crippen molar-refractivity contribution in [3.05, 3.63) is 58.2 Å². The van der Waals surface area contributed by atoms with E-state index in [1.54, 1.807) is 17.0 Å². The molecular formula is C27H34F4N4O. The average Bonchev–Trinajstić information content (AvgIpc) is 2.76. The first-order chi connectivity index (χ1) is 17.0. The van der Waals surface area contributed by atoms with Gasteiger partial charge in [-0.25, -0.2) is 13.2 Å². The summed E-state index contributed by atoms with van der Waals surface area (Å²) < 4.78 is 64.2. The molecule has 9 heteroatoms. The van der Waals surface area contributed by atoms with Crippen LogP contribution in [0, 0.1) is 23.0 Å². The SMILES string of the molecule is C[C@H]1Cc2c(ccc(N)c2C=N)[C@H](c2c(F)cc(OCCN3CC(CF)C3)cc2F)N1CC(C)(C)F. The minimum Gasteiger partial charge on any atom is -0.492 e. The maximum atomic E-state index is 15.6. The minimum absolute atomic E-state index is 0.0323. The van der Waals surface area contributed by atoms with Gasteiger partial charge in [0, 0.05) is 73.3 Å². The van der Waals surface area contributed by atoms with Crippen molar-refractivity contribution in [3.63, 3.8) is 0 Å². The molecule has 2 aromatic rings. The number of anilines is 1. The molecule has 0 aliphatic carbocycles. The summed E-state index contributed by atoms with van der Waals surface area (Å²) in [6.07, 6.45) is 1.63. The second-order valence-corrected chi connectivity index (χ2v) is 10.6. The first-order valence-corrected chi connectivity index (χ1v) is 12.3. The molecule has 0 unspecified atom stereocenters. The van der Waals surface area contributed by atoms with E-state index in [-0.39, 0.29) is 43.1 Å². The normalized spacial score (nSPS) is 21.2. The summed E-state index contributed by atoms with van der Waals surface area (Å²) in [5.74, 6) is -1.45. The van der Waals surface area contributed by atoms with Crippen LogP contribution in [0.5, 0.6) is 5.75 Å². The fourth-order valence-corrected chi connectivity index (χ4v) is 5.36. The van der Waals surface area contributed by atoms with Crippen LogP contribution in [0.1, 0.15) is 49.1 Å². The van der Waals surface area contributed by atoms with E-state index in [0.29, 0.717) is 42.9 Å². The van der Waals surface area contributed by atoms with Crippen molar-refractivity contribution < 1.29 is 22.3 Å². The summed E-state index contributed by atoms with van der Waals surface area (Å²) in [7, 11) is 0. The number of alkyl halides is 2. The molecule has 2 aliphatic rings. The molecule has 4 rings (SSSR count). The van der Waals surface area contributed by atoms with E-state index in [9.17, 15) is 8.78 Å². The van der Waals surface area contributed by atoms with Crippen LogP contribution >= 0.6 is 0 Å². The zero-order chi connectivity index (χ0) is 26.2. The number of hydrogen-bond donors (Lipinski definition) is 2. The maximum absolute atomic E-state index is 15.6. The number of likely N-dealkylation sites (tertiary alicyclic amines) is 1. The number of nitrogens with zero attached hydrogens (tertiary/aromatic N) is 2. The third kappa shape index (κ3) is 5.37. The van der Waals surface area contributed by atoms with Crippen molar-refractivity contribution >= 4 is 11.9 Å². The summed E-state index contributed by atoms with van der Waals surface area (Å²) in [4.78, 5) is 3.80. The van der Waals surface area contributed by atoms with Gasteiger partial charge in [-0.2, -0.15) is 0 Å². The van der Waals surface area contributed by atoms with E-state index in [0.717, 1.165) is 23.9 Å². The molecule has 2 atom stereocenters. The Morgan fingerprint density at radius 2 is 1.86 bits per heavy atom. The molecule has 0 radical (unpaired) electrons. The third-order valence-electron chi connectivity index (χ3n) is 7.08. The monoisotopic (exact) mass is 506 g/mol. The second-order valence-electron chi connectivity index (χ2n) is 10.6. The van der Waals surface area contributed by atoms with Gasteiger partial charge in [-0.05, 0) is 44.4 Å². The minimum atomic E-state index is -1.60. The highest BCUT2D eigenvalue weighted by Gasteiger charge is 2.40. The second kappa shape index (κ2) is 10.4. The highest BCUT2D eigenvalue weighted by Crippen LogP contribution is 2.43. The van der Waals surface area contributed by atoms with Gasteiger partial charge in [-0.1, -0.05) is 6.07 Å². The largest absolute Gasteiger partial charge is 0.492 e. The number of hydrogen-bond acceptors (Lipinski definition) is 5. The number of nitrogens with two attached hydrogens (primary N) is 1. The van der Waals surface area contributed by atoms with Crippen LogP contribution in [-0.2, 0) is 6.42 Å². The van der Waals surface area contributed by atoms with E-state index in [4.69, 9.17) is 15.9 Å². The van der Waals surface area contributed by atoms with Crippen LogP contribution in [0.25, 0.3) is 0 Å². The number of nitrogens with one attached hydrogen (secondary N) is 1. The molecule has 5 nitrogen and oxygen atoms in total. The molecular weight excluding hydrogens is 472 g/mol. The standard InChI is InChI=1S/C27H34F4N4O/c1-16-8-20-19(4-5-24(33)21(20)12-32)26(35(16)15-27(2,3)31)25-22(29)9-18(10-23(25)30)36-7-6-34-13-17(11-28)14-34/h4-5,9-10,12,16-17,26,32H,6-8,11,13-15,33H2,1-3H3/t16-,26+/m0/s1. The average molecular weight is 507 g/mol. The van der Waals surface area contributed by atoms with E-state index in [1.165, 1.54) is 13.8 Å². The Labute approximate surface area is 209 Å². The number of ether oxygens (including phenoxy) is 1. The van der Waals surface area contributed by atoms with Gasteiger partial charge in [0.05, 0.1) is 12.7 Å². The number of nitrogen functional groups attached to an aromatic ring is 1. The Kier molecular flexibility index (Phi) is 7.61. The number of rotatable bonds is 9. The number of fused-ring (bicyclic) bond motifs is 1. The Morgan fingerprint density at radius 1 is 1.19 bits per heavy atom. The molecule has 3 N–H and O–H groups in total. The lowest BCUT2D eigenvalue weighted by atomic mass is 9.81. The molecule has 0 saturated carbocycles. The highest BCUT2D eigenvalue weighted by atomic mass is 19.1. The van der Waals surface area contributed by atoms with Crippen molar-refractivity contribution in [2.75, 3.05) is 45.2 Å². The van der Waals surface area contributed by atoms with Gasteiger partial charge in [-0.15, -0.1) is 0 Å². The van der Waals surface area contributed by atoms with Crippen LogP contribution < -0.4 is 10.5 Å². The van der Waals surface area contributed by atoms with Crippen LogP contribution in [0.2, 0.25) is 0 Å². The van der Waals surface area contributed by atoms with Crippen molar-refractivity contribution in [1.82, 2.24) is 9.80 Å². The molecule has 2 aromatic carbocycles. The molecule has 1 saturated heterocycles. The lowest BCUT2D eigenvalue weighted by molar-refractivity contribution is 0.0645. The summed E-state index contributed by atoms with van der Waals surface area (Å²) in [5.41, 5.74) is 6.59. The lowest BCUT2D eigenvalue weighted by Gasteiger charge is -2.44. The fourth-order valence-electron chi connectivity index (χ4n) is 5.36. The Balaban J connectivity index is 1.67. The van der Waals surface area contributed by atoms with Gasteiger partial charge in [-0.3, -0.25) is 14.2 Å². The molecule has 2 aliphatic heterocycles. The van der Waals surface area contributed by atoms with E-state index < -0.39 is 23.3 Å². The summed E-state index contributed by atoms with van der Waals surface area (Å²) in [6, 6.07) is 4.50. The summed E-state index contributed by atoms with van der Waals surface area (Å²) >= 11 is 0. The third-order valence-corrected chi connectivity index (χ3v) is 7.08. The summed E-state index contributed by atoms with van der Waals surface area (Å²) in [5, 5.41) is 7.84. The zero-order valence-corrected chi connectivity index (χ0v) is 21.0. The van der Waals surface area contributed by atoms with Crippen molar-refractivity contribution in [2.45, 2.75) is 44.9 Å². The van der Waals surface area contributed by atoms with Crippen molar-refractivity contribution in [2.24, 2.45) is 5.92 Å². The smallest absolute Gasteiger partial charge is 0.134 e. The Hall–Kier alpha value is -2.65.